The Morgan fingerprint density at radius 1 is 1.33 bits per heavy atom. The van der Waals surface area contributed by atoms with E-state index < -0.39 is 0 Å². The number of nitrogens with zero attached hydrogens (tertiary/aromatic N) is 1. The fraction of sp³-hybridized carbons (Fsp3) is 0.357. The van der Waals surface area contributed by atoms with Crippen molar-refractivity contribution >= 4 is 11.6 Å². The van der Waals surface area contributed by atoms with E-state index in [4.69, 9.17) is 11.6 Å². The van der Waals surface area contributed by atoms with Crippen LogP contribution >= 0.6 is 11.6 Å². The molecule has 96 valence electrons. The first-order chi connectivity index (χ1) is 8.63. The molecule has 2 rings (SSSR count). The first-order valence-electron chi connectivity index (χ1n) is 6.13. The lowest BCUT2D eigenvalue weighted by Crippen LogP contribution is -2.15. The Hall–Kier alpha value is -1.48. The fourth-order valence-electron chi connectivity index (χ4n) is 2.12. The van der Waals surface area contributed by atoms with Crippen LogP contribution in [0.1, 0.15) is 30.2 Å². The van der Waals surface area contributed by atoms with E-state index in [1.54, 1.807) is 7.05 Å². The van der Waals surface area contributed by atoms with E-state index >= 15 is 0 Å². The molecule has 0 amide bonds. The second-order valence-corrected chi connectivity index (χ2v) is 4.86. The quantitative estimate of drug-likeness (QED) is 0.906. The second-order valence-electron chi connectivity index (χ2n) is 4.45. The summed E-state index contributed by atoms with van der Waals surface area (Å²) in [5.74, 6) is 0. The highest BCUT2D eigenvalue weighted by atomic mass is 35.5. The summed E-state index contributed by atoms with van der Waals surface area (Å²) in [6.07, 6.45) is 2.48. The number of aromatic amines is 1. The summed E-state index contributed by atoms with van der Waals surface area (Å²) in [5, 5.41) is 3.83. The van der Waals surface area contributed by atoms with Gasteiger partial charge in [0.15, 0.2) is 0 Å². The minimum absolute atomic E-state index is 0.0402. The summed E-state index contributed by atoms with van der Waals surface area (Å²) in [6.45, 7) is 2.10. The van der Waals surface area contributed by atoms with Crippen molar-refractivity contribution in [2.45, 2.75) is 26.2 Å². The van der Waals surface area contributed by atoms with Gasteiger partial charge in [-0.2, -0.15) is 0 Å². The van der Waals surface area contributed by atoms with Gasteiger partial charge in [-0.1, -0.05) is 43.1 Å². The molecule has 0 aliphatic heterocycles. The van der Waals surface area contributed by atoms with Crippen molar-refractivity contribution in [3.05, 3.63) is 56.5 Å². The van der Waals surface area contributed by atoms with Crippen LogP contribution in [0.15, 0.2) is 29.1 Å². The van der Waals surface area contributed by atoms with E-state index in [9.17, 15) is 4.79 Å². The smallest absolute Gasteiger partial charge is 0.270 e. The largest absolute Gasteiger partial charge is 0.300 e. The zero-order chi connectivity index (χ0) is 13.1. The standard InChI is InChI=1S/C14H17ClN2O/c1-3-6-13-11(14(18)17(2)16-13)9-10-7-4-5-8-12(10)15/h4-5,7-8,16H,3,6,9H2,1-2H3. The molecule has 1 aromatic heterocycles. The van der Waals surface area contributed by atoms with Crippen molar-refractivity contribution < 1.29 is 0 Å². The minimum atomic E-state index is 0.0402. The van der Waals surface area contributed by atoms with Gasteiger partial charge < -0.3 is 0 Å². The van der Waals surface area contributed by atoms with E-state index in [-0.39, 0.29) is 5.56 Å². The van der Waals surface area contributed by atoms with E-state index in [1.807, 2.05) is 24.3 Å². The highest BCUT2D eigenvalue weighted by molar-refractivity contribution is 6.31. The van der Waals surface area contributed by atoms with Crippen LogP contribution in [0.3, 0.4) is 0 Å². The summed E-state index contributed by atoms with van der Waals surface area (Å²) in [6, 6.07) is 7.66. The average Bonchev–Trinajstić information content (AvgIpc) is 2.60. The molecule has 1 heterocycles. The molecular formula is C14H17ClN2O. The highest BCUT2D eigenvalue weighted by Crippen LogP contribution is 2.19. The molecule has 0 saturated heterocycles. The van der Waals surface area contributed by atoms with Crippen molar-refractivity contribution in [2.75, 3.05) is 0 Å². The summed E-state index contributed by atoms with van der Waals surface area (Å²) < 4.78 is 1.54. The van der Waals surface area contributed by atoms with Crippen molar-refractivity contribution in [2.24, 2.45) is 7.05 Å². The number of benzene rings is 1. The zero-order valence-corrected chi connectivity index (χ0v) is 11.4. The molecule has 0 spiro atoms. The van der Waals surface area contributed by atoms with Gasteiger partial charge in [-0.3, -0.25) is 14.6 Å². The SMILES string of the molecule is CCCc1[nH]n(C)c(=O)c1Cc1ccccc1Cl. The van der Waals surface area contributed by atoms with Crippen molar-refractivity contribution in [1.29, 1.82) is 0 Å². The molecule has 0 fully saturated rings. The molecular weight excluding hydrogens is 248 g/mol. The molecule has 1 aromatic carbocycles. The number of aromatic nitrogens is 2. The third-order valence-corrected chi connectivity index (χ3v) is 3.42. The Morgan fingerprint density at radius 3 is 2.72 bits per heavy atom. The molecule has 18 heavy (non-hydrogen) atoms. The van der Waals surface area contributed by atoms with E-state index in [1.165, 1.54) is 4.68 Å². The number of H-pyrrole nitrogens is 1. The number of hydrogen-bond donors (Lipinski definition) is 1. The van der Waals surface area contributed by atoms with Gasteiger partial charge in [-0.25, -0.2) is 0 Å². The monoisotopic (exact) mass is 264 g/mol. The molecule has 0 radical (unpaired) electrons. The number of halogens is 1. The minimum Gasteiger partial charge on any atom is -0.300 e. The van der Waals surface area contributed by atoms with Gasteiger partial charge in [-0.05, 0) is 18.1 Å². The Balaban J connectivity index is 2.40. The molecule has 0 atom stereocenters. The molecule has 0 aliphatic rings. The van der Waals surface area contributed by atoms with Crippen LogP contribution in [0.4, 0.5) is 0 Å². The number of rotatable bonds is 4. The summed E-state index contributed by atoms with van der Waals surface area (Å²) >= 11 is 6.14. The predicted molar refractivity (Wildman–Crippen MR) is 74.3 cm³/mol. The Kier molecular flexibility index (Phi) is 3.92. The second kappa shape index (κ2) is 5.44. The van der Waals surface area contributed by atoms with Crippen LogP contribution in [0, 0.1) is 0 Å². The molecule has 2 aromatic rings. The zero-order valence-electron chi connectivity index (χ0n) is 10.7. The molecule has 3 nitrogen and oxygen atoms in total. The Morgan fingerprint density at radius 2 is 2.06 bits per heavy atom. The Bertz CT molecular complexity index is 598. The normalized spacial score (nSPS) is 10.8. The molecule has 0 bridgehead atoms. The lowest BCUT2D eigenvalue weighted by atomic mass is 10.0. The molecule has 0 saturated carbocycles. The first kappa shape index (κ1) is 13.0. The first-order valence-corrected chi connectivity index (χ1v) is 6.51. The fourth-order valence-corrected chi connectivity index (χ4v) is 2.33. The van der Waals surface area contributed by atoms with Crippen LogP contribution in [-0.4, -0.2) is 9.78 Å². The van der Waals surface area contributed by atoms with Crippen LogP contribution in [0.5, 0.6) is 0 Å². The molecule has 1 N–H and O–H groups in total. The molecule has 4 heteroatoms. The Labute approximate surface area is 111 Å². The lowest BCUT2D eigenvalue weighted by molar-refractivity contribution is 0.713. The third kappa shape index (κ3) is 2.51. The van der Waals surface area contributed by atoms with Gasteiger partial charge >= 0.3 is 0 Å². The maximum Gasteiger partial charge on any atom is 0.270 e. The maximum atomic E-state index is 12.1. The third-order valence-electron chi connectivity index (χ3n) is 3.05. The van der Waals surface area contributed by atoms with Crippen LogP contribution in [0.25, 0.3) is 0 Å². The summed E-state index contributed by atoms with van der Waals surface area (Å²) in [4.78, 5) is 12.1. The van der Waals surface area contributed by atoms with Gasteiger partial charge in [0, 0.05) is 29.7 Å². The topological polar surface area (TPSA) is 37.8 Å². The number of aryl methyl sites for hydroxylation is 2. The summed E-state index contributed by atoms with van der Waals surface area (Å²) in [5.41, 5.74) is 2.88. The van der Waals surface area contributed by atoms with E-state index in [2.05, 4.69) is 12.0 Å². The molecule has 0 unspecified atom stereocenters. The van der Waals surface area contributed by atoms with Gasteiger partial charge in [0.25, 0.3) is 5.56 Å². The van der Waals surface area contributed by atoms with Crippen molar-refractivity contribution in [3.63, 3.8) is 0 Å². The average molecular weight is 265 g/mol. The maximum absolute atomic E-state index is 12.1. The van der Waals surface area contributed by atoms with Gasteiger partial charge in [0.1, 0.15) is 0 Å². The van der Waals surface area contributed by atoms with Crippen LogP contribution < -0.4 is 5.56 Å². The number of nitrogens with one attached hydrogen (secondary N) is 1. The molecule has 0 aliphatic carbocycles. The highest BCUT2D eigenvalue weighted by Gasteiger charge is 2.13. The van der Waals surface area contributed by atoms with Crippen molar-refractivity contribution in [1.82, 2.24) is 9.78 Å². The lowest BCUT2D eigenvalue weighted by Gasteiger charge is -2.03. The predicted octanol–water partition coefficient (Wildman–Crippen LogP) is 2.91. The van der Waals surface area contributed by atoms with Gasteiger partial charge in [0.2, 0.25) is 0 Å². The van der Waals surface area contributed by atoms with Crippen molar-refractivity contribution in [3.8, 4) is 0 Å². The van der Waals surface area contributed by atoms with E-state index in [0.29, 0.717) is 11.4 Å². The van der Waals surface area contributed by atoms with Gasteiger partial charge in [-0.15, -0.1) is 0 Å². The van der Waals surface area contributed by atoms with Crippen LogP contribution in [-0.2, 0) is 19.9 Å². The van der Waals surface area contributed by atoms with E-state index in [0.717, 1.165) is 29.7 Å². The number of hydrogen-bond acceptors (Lipinski definition) is 1. The van der Waals surface area contributed by atoms with Crippen LogP contribution in [0.2, 0.25) is 5.02 Å². The van der Waals surface area contributed by atoms with Gasteiger partial charge in [0.05, 0.1) is 0 Å². The summed E-state index contributed by atoms with van der Waals surface area (Å²) in [7, 11) is 1.75.